The number of imidazole rings is 1. The van der Waals surface area contributed by atoms with E-state index in [1.54, 1.807) is 0 Å². The van der Waals surface area contributed by atoms with Crippen LogP contribution in [0.2, 0.25) is 0 Å². The van der Waals surface area contributed by atoms with Crippen molar-refractivity contribution in [3.63, 3.8) is 0 Å². The van der Waals surface area contributed by atoms with E-state index in [0.29, 0.717) is 0 Å². The van der Waals surface area contributed by atoms with Crippen LogP contribution >= 0.6 is 12.2 Å². The fourth-order valence-corrected chi connectivity index (χ4v) is 3.26. The molecule has 1 aromatic heterocycles. The van der Waals surface area contributed by atoms with Crippen molar-refractivity contribution < 1.29 is 0 Å². The summed E-state index contributed by atoms with van der Waals surface area (Å²) < 4.78 is 3.09. The number of hydrogen-bond acceptors (Lipinski definition) is 2. The summed E-state index contributed by atoms with van der Waals surface area (Å²) in [4.78, 5) is 5.87. The summed E-state index contributed by atoms with van der Waals surface area (Å²) in [7, 11) is 0. The second-order valence-corrected chi connectivity index (χ2v) is 5.89. The minimum absolute atomic E-state index is 0.849. The van der Waals surface area contributed by atoms with Gasteiger partial charge in [-0.15, -0.1) is 0 Å². The Kier molecular flexibility index (Phi) is 3.71. The zero-order chi connectivity index (χ0) is 13.2. The molecule has 3 nitrogen and oxygen atoms in total. The van der Waals surface area contributed by atoms with Crippen molar-refractivity contribution >= 4 is 23.3 Å². The van der Waals surface area contributed by atoms with E-state index in [0.717, 1.165) is 16.8 Å². The molecule has 1 aliphatic rings. The summed E-state index contributed by atoms with van der Waals surface area (Å²) >= 11 is 5.44. The van der Waals surface area contributed by atoms with Gasteiger partial charge in [0.15, 0.2) is 4.77 Å². The second-order valence-electron chi connectivity index (χ2n) is 5.50. The smallest absolute Gasteiger partial charge is 0.178 e. The lowest BCUT2D eigenvalue weighted by Crippen LogP contribution is -2.21. The van der Waals surface area contributed by atoms with Gasteiger partial charge in [-0.25, -0.2) is 0 Å². The van der Waals surface area contributed by atoms with Crippen LogP contribution in [0.25, 0.3) is 11.0 Å². The molecule has 1 aromatic carbocycles. The number of likely N-dealkylation sites (tertiary alicyclic amines) is 1. The summed E-state index contributed by atoms with van der Waals surface area (Å²) in [5.74, 6) is 0. The van der Waals surface area contributed by atoms with Crippen molar-refractivity contribution in [2.45, 2.75) is 32.7 Å². The Morgan fingerprint density at radius 3 is 2.79 bits per heavy atom. The van der Waals surface area contributed by atoms with Crippen LogP contribution in [0.1, 0.15) is 24.8 Å². The summed E-state index contributed by atoms with van der Waals surface area (Å²) in [6.07, 6.45) is 3.91. The Balaban J connectivity index is 1.73. The van der Waals surface area contributed by atoms with Gasteiger partial charge >= 0.3 is 0 Å². The molecule has 3 rings (SSSR count). The molecule has 0 saturated carbocycles. The van der Waals surface area contributed by atoms with Crippen molar-refractivity contribution in [1.82, 2.24) is 14.5 Å². The van der Waals surface area contributed by atoms with E-state index in [2.05, 4.69) is 39.6 Å². The van der Waals surface area contributed by atoms with Crippen molar-refractivity contribution in [2.24, 2.45) is 0 Å². The Labute approximate surface area is 119 Å². The minimum Gasteiger partial charge on any atom is -0.331 e. The molecule has 19 heavy (non-hydrogen) atoms. The molecule has 0 spiro atoms. The van der Waals surface area contributed by atoms with Gasteiger partial charge in [-0.3, -0.25) is 0 Å². The Hall–Kier alpha value is -1.13. The molecule has 1 aliphatic heterocycles. The van der Waals surface area contributed by atoms with E-state index in [1.165, 1.54) is 50.0 Å². The lowest BCUT2D eigenvalue weighted by molar-refractivity contribution is 0.326. The number of fused-ring (bicyclic) bond motifs is 1. The van der Waals surface area contributed by atoms with Crippen molar-refractivity contribution in [3.8, 4) is 0 Å². The molecule has 0 atom stereocenters. The van der Waals surface area contributed by atoms with Gasteiger partial charge in [0.25, 0.3) is 0 Å². The topological polar surface area (TPSA) is 24.0 Å². The van der Waals surface area contributed by atoms with Crippen LogP contribution in [0.15, 0.2) is 18.2 Å². The number of nitrogens with zero attached hydrogens (tertiary/aromatic N) is 2. The first-order valence-electron chi connectivity index (χ1n) is 7.15. The first-order chi connectivity index (χ1) is 9.24. The van der Waals surface area contributed by atoms with Crippen molar-refractivity contribution in [1.29, 1.82) is 0 Å². The van der Waals surface area contributed by atoms with Gasteiger partial charge in [0.05, 0.1) is 11.0 Å². The van der Waals surface area contributed by atoms with Crippen molar-refractivity contribution in [2.75, 3.05) is 19.6 Å². The zero-order valence-electron chi connectivity index (χ0n) is 11.5. The summed E-state index contributed by atoms with van der Waals surface area (Å²) in [6.45, 7) is 6.87. The number of aryl methyl sites for hydroxylation is 2. The highest BCUT2D eigenvalue weighted by molar-refractivity contribution is 7.71. The number of nitrogens with one attached hydrogen (secondary N) is 1. The number of rotatable bonds is 4. The quantitative estimate of drug-likeness (QED) is 0.864. The van der Waals surface area contributed by atoms with Gasteiger partial charge in [0.2, 0.25) is 0 Å². The van der Waals surface area contributed by atoms with Gasteiger partial charge in [-0.05, 0) is 75.7 Å². The maximum absolute atomic E-state index is 5.44. The predicted molar refractivity (Wildman–Crippen MR) is 82.2 cm³/mol. The van der Waals surface area contributed by atoms with Gasteiger partial charge in [-0.1, -0.05) is 6.07 Å². The molecule has 102 valence electrons. The lowest BCUT2D eigenvalue weighted by Gasteiger charge is -2.14. The van der Waals surface area contributed by atoms with Crippen LogP contribution < -0.4 is 0 Å². The number of aromatic nitrogens is 2. The monoisotopic (exact) mass is 275 g/mol. The van der Waals surface area contributed by atoms with Gasteiger partial charge in [-0.2, -0.15) is 0 Å². The van der Waals surface area contributed by atoms with E-state index in [1.807, 2.05) is 0 Å². The highest BCUT2D eigenvalue weighted by Gasteiger charge is 2.11. The molecular formula is C15H21N3S. The minimum atomic E-state index is 0.849. The molecule has 1 saturated heterocycles. The first-order valence-corrected chi connectivity index (χ1v) is 7.56. The highest BCUT2D eigenvalue weighted by atomic mass is 32.1. The third-order valence-corrected chi connectivity index (χ3v) is 4.31. The van der Waals surface area contributed by atoms with Gasteiger partial charge < -0.3 is 14.5 Å². The maximum Gasteiger partial charge on any atom is 0.178 e. The van der Waals surface area contributed by atoms with E-state index in [9.17, 15) is 0 Å². The molecule has 4 heteroatoms. The van der Waals surface area contributed by atoms with Crippen LogP contribution in [-0.4, -0.2) is 34.1 Å². The normalized spacial score (nSPS) is 16.5. The molecule has 0 unspecified atom stereocenters. The van der Waals surface area contributed by atoms with Gasteiger partial charge in [0.1, 0.15) is 0 Å². The Bertz CT molecular complexity index is 620. The van der Waals surface area contributed by atoms with Crippen molar-refractivity contribution in [3.05, 3.63) is 28.5 Å². The molecule has 0 amide bonds. The maximum atomic E-state index is 5.44. The standard InChI is InChI=1S/C15H21N3S/c1-12-5-6-14-13(11-12)16-15(19)18(14)10-4-9-17-7-2-3-8-17/h5-6,11H,2-4,7-10H2,1H3,(H,16,19). The molecule has 0 aliphatic carbocycles. The van der Waals surface area contributed by atoms with Crippen LogP contribution in [0.5, 0.6) is 0 Å². The molecule has 0 radical (unpaired) electrons. The molecule has 1 fully saturated rings. The van der Waals surface area contributed by atoms with Crippen LogP contribution in [-0.2, 0) is 6.54 Å². The van der Waals surface area contributed by atoms with E-state index in [4.69, 9.17) is 12.2 Å². The summed E-state index contributed by atoms with van der Waals surface area (Å²) in [5, 5.41) is 0. The van der Waals surface area contributed by atoms with Crippen LogP contribution in [0, 0.1) is 11.7 Å². The molecule has 1 N–H and O–H groups in total. The second kappa shape index (κ2) is 5.47. The average Bonchev–Trinajstić information content (AvgIpc) is 2.98. The number of hydrogen-bond donors (Lipinski definition) is 1. The lowest BCUT2D eigenvalue weighted by atomic mass is 10.2. The fourth-order valence-electron chi connectivity index (χ4n) is 2.96. The molecular weight excluding hydrogens is 254 g/mol. The predicted octanol–water partition coefficient (Wildman–Crippen LogP) is 3.49. The molecule has 2 aromatic rings. The SMILES string of the molecule is Cc1ccc2c(c1)[nH]c(=S)n2CCCN1CCCC1. The number of benzene rings is 1. The molecule has 2 heterocycles. The summed E-state index contributed by atoms with van der Waals surface area (Å²) in [6, 6.07) is 6.50. The van der Waals surface area contributed by atoms with E-state index >= 15 is 0 Å². The Morgan fingerprint density at radius 2 is 2.00 bits per heavy atom. The van der Waals surface area contributed by atoms with Gasteiger partial charge in [0, 0.05) is 6.54 Å². The molecule has 0 bridgehead atoms. The number of aromatic amines is 1. The third-order valence-electron chi connectivity index (χ3n) is 3.98. The van der Waals surface area contributed by atoms with Crippen LogP contribution in [0.4, 0.5) is 0 Å². The van der Waals surface area contributed by atoms with E-state index < -0.39 is 0 Å². The fraction of sp³-hybridized carbons (Fsp3) is 0.533. The number of H-pyrrole nitrogens is 1. The highest BCUT2D eigenvalue weighted by Crippen LogP contribution is 2.16. The summed E-state index contributed by atoms with van der Waals surface area (Å²) in [5.41, 5.74) is 3.66. The van der Waals surface area contributed by atoms with Crippen LogP contribution in [0.3, 0.4) is 0 Å². The van der Waals surface area contributed by atoms with E-state index in [-0.39, 0.29) is 0 Å². The zero-order valence-corrected chi connectivity index (χ0v) is 12.3. The largest absolute Gasteiger partial charge is 0.331 e. The third kappa shape index (κ3) is 2.74. The Morgan fingerprint density at radius 1 is 1.21 bits per heavy atom. The average molecular weight is 275 g/mol. The first kappa shape index (κ1) is 12.9.